The minimum absolute atomic E-state index is 0.0885. The molecule has 12 nitrogen and oxygen atoms in total. The standard InChI is InChI=1S/C37H47N5O7/c1-4-47-34-18-24(6-8-31(34)43)22-41(26-10-14-38-15-11-26)30-21-29-33(20-28(30)36(45)46-3)49-37(40-29)42(27-12-16-39-17-13-27)23-25-7-9-32(44)35(19-25)48-5-2/h6-9,18-21,26-27,38-39,43-44H,4-5,10-17,22-23H2,1-3H3. The Morgan fingerprint density at radius 1 is 0.816 bits per heavy atom. The molecule has 0 spiro atoms. The lowest BCUT2D eigenvalue weighted by molar-refractivity contribution is 0.0601. The van der Waals surface area contributed by atoms with E-state index in [1.807, 2.05) is 44.2 Å². The van der Waals surface area contributed by atoms with Crippen molar-refractivity contribution in [1.29, 1.82) is 0 Å². The topological polar surface area (TPSA) is 142 Å². The maximum atomic E-state index is 13.4. The van der Waals surface area contributed by atoms with Crippen molar-refractivity contribution in [1.82, 2.24) is 15.6 Å². The summed E-state index contributed by atoms with van der Waals surface area (Å²) in [5.41, 5.74) is 4.13. The number of rotatable bonds is 13. The zero-order chi connectivity index (χ0) is 34.3. The molecule has 6 rings (SSSR count). The van der Waals surface area contributed by atoms with Gasteiger partial charge >= 0.3 is 5.97 Å². The molecule has 1 aromatic heterocycles. The van der Waals surface area contributed by atoms with Gasteiger partial charge in [-0.3, -0.25) is 0 Å². The molecule has 0 radical (unpaired) electrons. The smallest absolute Gasteiger partial charge is 0.340 e. The van der Waals surface area contributed by atoms with Gasteiger partial charge in [0.1, 0.15) is 5.52 Å². The third-order valence-corrected chi connectivity index (χ3v) is 9.31. The number of hydrogen-bond donors (Lipinski definition) is 4. The van der Waals surface area contributed by atoms with Crippen LogP contribution in [0.3, 0.4) is 0 Å². The van der Waals surface area contributed by atoms with Crippen LogP contribution >= 0.6 is 0 Å². The van der Waals surface area contributed by atoms with E-state index < -0.39 is 5.97 Å². The van der Waals surface area contributed by atoms with Gasteiger partial charge in [-0.05, 0) is 113 Å². The summed E-state index contributed by atoms with van der Waals surface area (Å²) < 4.78 is 23.1. The van der Waals surface area contributed by atoms with Gasteiger partial charge in [-0.2, -0.15) is 4.98 Å². The summed E-state index contributed by atoms with van der Waals surface area (Å²) in [6, 6.07) is 15.2. The first-order chi connectivity index (χ1) is 23.9. The Labute approximate surface area is 287 Å². The fourth-order valence-corrected chi connectivity index (χ4v) is 6.83. The van der Waals surface area contributed by atoms with E-state index >= 15 is 0 Å². The van der Waals surface area contributed by atoms with E-state index in [-0.39, 0.29) is 23.6 Å². The van der Waals surface area contributed by atoms with Crippen molar-refractivity contribution in [3.63, 3.8) is 0 Å². The van der Waals surface area contributed by atoms with E-state index in [0.29, 0.717) is 66.2 Å². The van der Waals surface area contributed by atoms with Crippen LogP contribution in [0.25, 0.3) is 11.1 Å². The molecule has 3 aromatic carbocycles. The molecule has 2 fully saturated rings. The highest BCUT2D eigenvalue weighted by Gasteiger charge is 2.30. The molecule has 0 amide bonds. The SMILES string of the molecule is CCOc1cc(CN(c2nc3cc(N(Cc4ccc(O)c(OCC)c4)C4CCNCC4)c(C(=O)OC)cc3o2)C2CCNCC2)ccc1O. The lowest BCUT2D eigenvalue weighted by atomic mass is 10.0. The van der Waals surface area contributed by atoms with Crippen LogP contribution in [-0.2, 0) is 17.8 Å². The van der Waals surface area contributed by atoms with E-state index in [2.05, 4.69) is 20.4 Å². The summed E-state index contributed by atoms with van der Waals surface area (Å²) in [4.78, 5) is 22.9. The van der Waals surface area contributed by atoms with Gasteiger partial charge in [0.15, 0.2) is 28.6 Å². The Balaban J connectivity index is 1.42. The largest absolute Gasteiger partial charge is 0.504 e. The zero-order valence-corrected chi connectivity index (χ0v) is 28.5. The highest BCUT2D eigenvalue weighted by atomic mass is 16.5. The zero-order valence-electron chi connectivity index (χ0n) is 28.5. The fraction of sp³-hybridized carbons (Fsp3) is 0.459. The van der Waals surface area contributed by atoms with E-state index in [4.69, 9.17) is 23.6 Å². The summed E-state index contributed by atoms with van der Waals surface area (Å²) >= 11 is 0. The van der Waals surface area contributed by atoms with Crippen molar-refractivity contribution in [2.45, 2.75) is 64.7 Å². The van der Waals surface area contributed by atoms with Crippen molar-refractivity contribution >= 4 is 28.8 Å². The highest BCUT2D eigenvalue weighted by molar-refractivity contribution is 6.00. The van der Waals surface area contributed by atoms with Crippen molar-refractivity contribution in [3.8, 4) is 23.0 Å². The minimum atomic E-state index is -0.461. The lowest BCUT2D eigenvalue weighted by Crippen LogP contribution is -2.43. The van der Waals surface area contributed by atoms with Gasteiger partial charge in [-0.1, -0.05) is 12.1 Å². The molecule has 4 N–H and O–H groups in total. The van der Waals surface area contributed by atoms with E-state index in [1.54, 1.807) is 18.2 Å². The fourth-order valence-electron chi connectivity index (χ4n) is 6.83. The first-order valence-corrected chi connectivity index (χ1v) is 17.3. The lowest BCUT2D eigenvalue weighted by Gasteiger charge is -2.37. The molecule has 0 atom stereocenters. The molecule has 0 bridgehead atoms. The summed E-state index contributed by atoms with van der Waals surface area (Å²) in [5.74, 6) is 0.594. The molecular formula is C37H47N5O7. The minimum Gasteiger partial charge on any atom is -0.504 e. The van der Waals surface area contributed by atoms with Gasteiger partial charge < -0.3 is 49.3 Å². The van der Waals surface area contributed by atoms with Crippen LogP contribution in [0.15, 0.2) is 52.9 Å². The number of methoxy groups -OCH3 is 1. The molecule has 0 saturated carbocycles. The molecule has 2 saturated heterocycles. The van der Waals surface area contributed by atoms with Crippen molar-refractivity contribution in [2.75, 3.05) is 56.3 Å². The maximum absolute atomic E-state index is 13.4. The molecular weight excluding hydrogens is 626 g/mol. The van der Waals surface area contributed by atoms with Crippen LogP contribution in [0.4, 0.5) is 11.7 Å². The normalized spacial score (nSPS) is 15.7. The number of hydrogen-bond acceptors (Lipinski definition) is 12. The van der Waals surface area contributed by atoms with Crippen LogP contribution in [0.2, 0.25) is 0 Å². The van der Waals surface area contributed by atoms with Crippen molar-refractivity contribution in [3.05, 3.63) is 65.2 Å². The number of anilines is 2. The number of carbonyl (C=O) groups is 1. The Bertz CT molecular complexity index is 1730. The molecule has 12 heteroatoms. The number of aromatic hydroxyl groups is 2. The summed E-state index contributed by atoms with van der Waals surface area (Å²) in [7, 11) is 1.39. The molecule has 0 aliphatic carbocycles. The van der Waals surface area contributed by atoms with Gasteiger partial charge in [0, 0.05) is 25.2 Å². The monoisotopic (exact) mass is 673 g/mol. The molecule has 49 heavy (non-hydrogen) atoms. The summed E-state index contributed by atoms with van der Waals surface area (Å²) in [6.45, 7) is 9.10. The second kappa shape index (κ2) is 15.7. The molecule has 2 aliphatic rings. The number of benzene rings is 3. The van der Waals surface area contributed by atoms with Gasteiger partial charge in [0.25, 0.3) is 6.01 Å². The number of aromatic nitrogens is 1. The maximum Gasteiger partial charge on any atom is 0.340 e. The Morgan fingerprint density at radius 2 is 1.35 bits per heavy atom. The van der Waals surface area contributed by atoms with Crippen molar-refractivity contribution in [2.24, 2.45) is 0 Å². The first-order valence-electron chi connectivity index (χ1n) is 17.3. The first kappa shape index (κ1) is 34.2. The highest BCUT2D eigenvalue weighted by Crippen LogP contribution is 2.37. The molecule has 0 unspecified atom stereocenters. The van der Waals surface area contributed by atoms with E-state index in [9.17, 15) is 15.0 Å². The number of nitrogens with zero attached hydrogens (tertiary/aromatic N) is 3. The van der Waals surface area contributed by atoms with Gasteiger partial charge in [0.2, 0.25) is 0 Å². The Morgan fingerprint density at radius 3 is 1.88 bits per heavy atom. The number of carbonyl (C=O) groups excluding carboxylic acids is 1. The number of esters is 1. The second-order valence-electron chi connectivity index (χ2n) is 12.5. The number of piperidine rings is 2. The average molecular weight is 674 g/mol. The summed E-state index contributed by atoms with van der Waals surface area (Å²) in [5, 5.41) is 27.6. The molecule has 262 valence electrons. The van der Waals surface area contributed by atoms with Crippen LogP contribution < -0.4 is 29.9 Å². The van der Waals surface area contributed by atoms with Crippen LogP contribution in [0.1, 0.15) is 61.0 Å². The molecule has 2 aliphatic heterocycles. The predicted octanol–water partition coefficient (Wildman–Crippen LogP) is 5.34. The third-order valence-electron chi connectivity index (χ3n) is 9.31. The van der Waals surface area contributed by atoms with Gasteiger partial charge in [0.05, 0.1) is 31.6 Å². The van der Waals surface area contributed by atoms with Crippen LogP contribution in [-0.4, -0.2) is 79.8 Å². The number of oxazole rings is 1. The number of nitrogens with one attached hydrogen (secondary N) is 2. The van der Waals surface area contributed by atoms with Gasteiger partial charge in [-0.25, -0.2) is 4.79 Å². The second-order valence-corrected chi connectivity index (χ2v) is 12.5. The molecule has 4 aromatic rings. The quantitative estimate of drug-likeness (QED) is 0.136. The Kier molecular flexibility index (Phi) is 10.9. The van der Waals surface area contributed by atoms with Gasteiger partial charge in [-0.15, -0.1) is 0 Å². The third kappa shape index (κ3) is 7.81. The van der Waals surface area contributed by atoms with E-state index in [0.717, 1.165) is 63.0 Å². The van der Waals surface area contributed by atoms with E-state index in [1.165, 1.54) is 7.11 Å². The number of phenols is 2. The average Bonchev–Trinajstić information content (AvgIpc) is 3.55. The van der Waals surface area contributed by atoms with Crippen LogP contribution in [0, 0.1) is 0 Å². The number of ether oxygens (including phenoxy) is 3. The predicted molar refractivity (Wildman–Crippen MR) is 188 cm³/mol. The Hall–Kier alpha value is -4.68. The van der Waals surface area contributed by atoms with Crippen molar-refractivity contribution < 1.29 is 33.6 Å². The number of fused-ring (bicyclic) bond motifs is 1. The number of phenolic OH excluding ortho intramolecular Hbond substituents is 2. The van der Waals surface area contributed by atoms with Crippen LogP contribution in [0.5, 0.6) is 23.0 Å². The molecule has 3 heterocycles. The summed E-state index contributed by atoms with van der Waals surface area (Å²) in [6.07, 6.45) is 3.60.